The Labute approximate surface area is 141 Å². The molecule has 1 aromatic rings. The van der Waals surface area contributed by atoms with Crippen molar-refractivity contribution >= 4 is 17.5 Å². The molecule has 1 aromatic carbocycles. The molecule has 2 amide bonds. The van der Waals surface area contributed by atoms with Crippen molar-refractivity contribution < 1.29 is 19.1 Å². The van der Waals surface area contributed by atoms with Crippen LogP contribution in [0.5, 0.6) is 0 Å². The predicted molar refractivity (Wildman–Crippen MR) is 89.5 cm³/mol. The molecule has 1 aliphatic heterocycles. The van der Waals surface area contributed by atoms with E-state index in [0.717, 1.165) is 31.2 Å². The van der Waals surface area contributed by atoms with E-state index in [2.05, 4.69) is 10.6 Å². The maximum Gasteiger partial charge on any atom is 0.313 e. The monoisotopic (exact) mass is 332 g/mol. The summed E-state index contributed by atoms with van der Waals surface area (Å²) < 4.78 is 11.8. The molecule has 1 aliphatic carbocycles. The summed E-state index contributed by atoms with van der Waals surface area (Å²) in [6.07, 6.45) is 5.06. The van der Waals surface area contributed by atoms with Crippen LogP contribution in [0.4, 0.5) is 5.69 Å². The number of anilines is 1. The first-order valence-electron chi connectivity index (χ1n) is 8.54. The van der Waals surface area contributed by atoms with E-state index >= 15 is 0 Å². The third-order valence-electron chi connectivity index (χ3n) is 4.50. The number of amides is 2. The number of aryl methyl sites for hydroxylation is 1. The summed E-state index contributed by atoms with van der Waals surface area (Å²) in [5, 5.41) is 5.22. The highest BCUT2D eigenvalue weighted by Gasteiger charge is 2.42. The van der Waals surface area contributed by atoms with Gasteiger partial charge in [-0.3, -0.25) is 9.59 Å². The number of hydrogen-bond donors (Lipinski definition) is 2. The molecule has 6 heteroatoms. The van der Waals surface area contributed by atoms with Gasteiger partial charge in [0.25, 0.3) is 0 Å². The molecule has 2 aliphatic rings. The van der Waals surface area contributed by atoms with E-state index < -0.39 is 17.6 Å². The van der Waals surface area contributed by atoms with Crippen LogP contribution in [-0.2, 0) is 19.1 Å². The SMILES string of the molecule is Cc1cccc(NC(=O)C(=O)NCC2COC3(CCCCC3)O2)c1. The quantitative estimate of drug-likeness (QED) is 0.831. The lowest BCUT2D eigenvalue weighted by Gasteiger charge is -2.31. The smallest absolute Gasteiger partial charge is 0.313 e. The van der Waals surface area contributed by atoms with Crippen LogP contribution in [0.2, 0.25) is 0 Å². The Morgan fingerprint density at radius 2 is 2.00 bits per heavy atom. The van der Waals surface area contributed by atoms with Crippen molar-refractivity contribution in [3.05, 3.63) is 29.8 Å². The zero-order chi connectivity index (χ0) is 17.0. The summed E-state index contributed by atoms with van der Waals surface area (Å²) >= 11 is 0. The number of ether oxygens (including phenoxy) is 2. The average Bonchev–Trinajstić information content (AvgIpc) is 2.96. The van der Waals surface area contributed by atoms with Crippen LogP contribution in [0, 0.1) is 6.92 Å². The minimum atomic E-state index is -0.674. The molecule has 130 valence electrons. The fourth-order valence-corrected chi connectivity index (χ4v) is 3.27. The molecule has 2 fully saturated rings. The Balaban J connectivity index is 1.44. The van der Waals surface area contributed by atoms with Crippen LogP contribution in [0.25, 0.3) is 0 Å². The predicted octanol–water partition coefficient (Wildman–Crippen LogP) is 2.13. The second-order valence-corrected chi connectivity index (χ2v) is 6.56. The van der Waals surface area contributed by atoms with Crippen molar-refractivity contribution in [2.45, 2.75) is 50.9 Å². The van der Waals surface area contributed by atoms with Crippen molar-refractivity contribution in [1.29, 1.82) is 0 Å². The van der Waals surface area contributed by atoms with Gasteiger partial charge in [0.2, 0.25) is 0 Å². The van der Waals surface area contributed by atoms with Crippen molar-refractivity contribution in [1.82, 2.24) is 5.32 Å². The number of hydrogen-bond acceptors (Lipinski definition) is 4. The lowest BCUT2D eigenvalue weighted by atomic mass is 9.94. The van der Waals surface area contributed by atoms with Crippen LogP contribution >= 0.6 is 0 Å². The summed E-state index contributed by atoms with van der Waals surface area (Å²) in [5.74, 6) is -1.80. The van der Waals surface area contributed by atoms with Crippen molar-refractivity contribution in [3.8, 4) is 0 Å². The Hall–Kier alpha value is -1.92. The van der Waals surface area contributed by atoms with Crippen molar-refractivity contribution in [3.63, 3.8) is 0 Å². The fourth-order valence-electron chi connectivity index (χ4n) is 3.27. The second-order valence-electron chi connectivity index (χ2n) is 6.56. The third-order valence-corrected chi connectivity index (χ3v) is 4.50. The zero-order valence-electron chi connectivity index (χ0n) is 14.0. The summed E-state index contributed by atoms with van der Waals surface area (Å²) in [6.45, 7) is 2.66. The Morgan fingerprint density at radius 3 is 2.75 bits per heavy atom. The molecule has 2 N–H and O–H groups in total. The molecule has 1 saturated heterocycles. The first-order chi connectivity index (χ1) is 11.6. The van der Waals surface area contributed by atoms with Gasteiger partial charge in [-0.15, -0.1) is 0 Å². The van der Waals surface area contributed by atoms with Gasteiger partial charge in [-0.05, 0) is 37.5 Å². The van der Waals surface area contributed by atoms with E-state index in [0.29, 0.717) is 12.3 Å². The highest BCUT2D eigenvalue weighted by molar-refractivity contribution is 6.39. The number of carbonyl (C=O) groups excluding carboxylic acids is 2. The van der Waals surface area contributed by atoms with Crippen LogP contribution in [0.3, 0.4) is 0 Å². The van der Waals surface area contributed by atoms with Crippen LogP contribution < -0.4 is 10.6 Å². The van der Waals surface area contributed by atoms with Gasteiger partial charge in [0.05, 0.1) is 6.61 Å². The molecule has 1 spiro atoms. The molecule has 1 heterocycles. The van der Waals surface area contributed by atoms with E-state index in [-0.39, 0.29) is 12.6 Å². The lowest BCUT2D eigenvalue weighted by Crippen LogP contribution is -2.41. The second kappa shape index (κ2) is 7.32. The molecule has 0 aromatic heterocycles. The molecule has 1 unspecified atom stereocenters. The topological polar surface area (TPSA) is 76.7 Å². The normalized spacial score (nSPS) is 22.3. The van der Waals surface area contributed by atoms with E-state index in [1.165, 1.54) is 6.42 Å². The summed E-state index contributed by atoms with van der Waals surface area (Å²) in [6, 6.07) is 7.31. The largest absolute Gasteiger partial charge is 0.347 e. The molecule has 0 radical (unpaired) electrons. The maximum atomic E-state index is 11.9. The molecule has 0 bridgehead atoms. The molecular formula is C18H24N2O4. The summed E-state index contributed by atoms with van der Waals surface area (Å²) in [7, 11) is 0. The van der Waals surface area contributed by atoms with Crippen LogP contribution in [0.15, 0.2) is 24.3 Å². The number of rotatable bonds is 3. The molecule has 24 heavy (non-hydrogen) atoms. The Morgan fingerprint density at radius 1 is 1.21 bits per heavy atom. The van der Waals surface area contributed by atoms with E-state index in [1.54, 1.807) is 6.07 Å². The standard InChI is InChI=1S/C18H24N2O4/c1-13-6-5-7-14(10-13)20-17(22)16(21)19-11-15-12-23-18(24-15)8-3-2-4-9-18/h5-7,10,15H,2-4,8-9,11-12H2,1H3,(H,19,21)(H,20,22). The Bertz CT molecular complexity index is 611. The van der Waals surface area contributed by atoms with Crippen molar-refractivity contribution in [2.75, 3.05) is 18.5 Å². The molecule has 6 nitrogen and oxygen atoms in total. The van der Waals surface area contributed by atoms with Gasteiger partial charge in [0, 0.05) is 25.1 Å². The number of nitrogens with one attached hydrogen (secondary N) is 2. The average molecular weight is 332 g/mol. The van der Waals surface area contributed by atoms with Crippen LogP contribution in [-0.4, -0.2) is 36.9 Å². The highest BCUT2D eigenvalue weighted by atomic mass is 16.7. The van der Waals surface area contributed by atoms with Gasteiger partial charge in [-0.25, -0.2) is 0 Å². The first kappa shape index (κ1) is 16.9. The van der Waals surface area contributed by atoms with Gasteiger partial charge in [0.15, 0.2) is 5.79 Å². The fraction of sp³-hybridized carbons (Fsp3) is 0.556. The number of benzene rings is 1. The molecular weight excluding hydrogens is 308 g/mol. The first-order valence-corrected chi connectivity index (χ1v) is 8.54. The highest BCUT2D eigenvalue weighted by Crippen LogP contribution is 2.37. The van der Waals surface area contributed by atoms with Gasteiger partial charge >= 0.3 is 11.8 Å². The maximum absolute atomic E-state index is 11.9. The van der Waals surface area contributed by atoms with Gasteiger partial charge in [-0.1, -0.05) is 18.6 Å². The molecule has 1 atom stereocenters. The minimum absolute atomic E-state index is 0.196. The summed E-state index contributed by atoms with van der Waals surface area (Å²) in [4.78, 5) is 23.9. The minimum Gasteiger partial charge on any atom is -0.347 e. The van der Waals surface area contributed by atoms with E-state index in [4.69, 9.17) is 9.47 Å². The zero-order valence-corrected chi connectivity index (χ0v) is 14.0. The molecule has 1 saturated carbocycles. The van der Waals surface area contributed by atoms with Gasteiger partial charge < -0.3 is 20.1 Å². The van der Waals surface area contributed by atoms with Crippen molar-refractivity contribution in [2.24, 2.45) is 0 Å². The Kier molecular flexibility index (Phi) is 5.16. The van der Waals surface area contributed by atoms with Gasteiger partial charge in [0.1, 0.15) is 6.10 Å². The van der Waals surface area contributed by atoms with E-state index in [1.807, 2.05) is 25.1 Å². The summed E-state index contributed by atoms with van der Waals surface area (Å²) in [5.41, 5.74) is 1.62. The lowest BCUT2D eigenvalue weighted by molar-refractivity contribution is -0.186. The third kappa shape index (κ3) is 4.13. The molecule has 3 rings (SSSR count). The van der Waals surface area contributed by atoms with Crippen LogP contribution in [0.1, 0.15) is 37.7 Å². The van der Waals surface area contributed by atoms with Gasteiger partial charge in [-0.2, -0.15) is 0 Å². The number of carbonyl (C=O) groups is 2. The van der Waals surface area contributed by atoms with E-state index in [9.17, 15) is 9.59 Å².